The second-order valence-electron chi connectivity index (χ2n) is 7.79. The van der Waals surface area contributed by atoms with E-state index in [2.05, 4.69) is 36.0 Å². The molecular formula is C26H31N3O2. The summed E-state index contributed by atoms with van der Waals surface area (Å²) in [6.07, 6.45) is 1.75. The smallest absolute Gasteiger partial charge is 0.251 e. The van der Waals surface area contributed by atoms with Gasteiger partial charge in [0.1, 0.15) is 12.4 Å². The van der Waals surface area contributed by atoms with Crippen LogP contribution in [0.5, 0.6) is 5.75 Å². The highest BCUT2D eigenvalue weighted by Gasteiger charge is 2.09. The fraction of sp³-hybridized carbons (Fsp3) is 0.308. The molecule has 1 aromatic heterocycles. The van der Waals surface area contributed by atoms with Crippen molar-refractivity contribution in [1.29, 1.82) is 0 Å². The maximum absolute atomic E-state index is 12.5. The number of nitrogens with zero attached hydrogens (tertiary/aromatic N) is 2. The van der Waals surface area contributed by atoms with Gasteiger partial charge in [-0.05, 0) is 67.9 Å². The van der Waals surface area contributed by atoms with Crippen molar-refractivity contribution < 1.29 is 9.53 Å². The molecule has 5 nitrogen and oxygen atoms in total. The number of nitrogens with one attached hydrogen (secondary N) is 1. The first-order chi connectivity index (χ1) is 15.0. The summed E-state index contributed by atoms with van der Waals surface area (Å²) in [6.45, 7) is 9.37. The van der Waals surface area contributed by atoms with E-state index in [-0.39, 0.29) is 5.91 Å². The van der Waals surface area contributed by atoms with E-state index < -0.39 is 0 Å². The molecule has 0 radical (unpaired) electrons. The highest BCUT2D eigenvalue weighted by Crippen LogP contribution is 2.14. The van der Waals surface area contributed by atoms with Crippen LogP contribution in [-0.4, -0.2) is 28.4 Å². The lowest BCUT2D eigenvalue weighted by Gasteiger charge is -2.24. The molecule has 0 spiro atoms. The molecule has 1 amide bonds. The zero-order chi connectivity index (χ0) is 22.1. The summed E-state index contributed by atoms with van der Waals surface area (Å²) >= 11 is 0. The summed E-state index contributed by atoms with van der Waals surface area (Å²) in [5.74, 6) is 0.706. The van der Waals surface area contributed by atoms with Crippen LogP contribution in [-0.2, 0) is 19.7 Å². The number of hydrogen-bond acceptors (Lipinski definition) is 4. The fourth-order valence-corrected chi connectivity index (χ4v) is 3.28. The molecule has 0 saturated heterocycles. The van der Waals surface area contributed by atoms with E-state index in [1.807, 2.05) is 66.7 Å². The van der Waals surface area contributed by atoms with Crippen LogP contribution < -0.4 is 10.1 Å². The van der Waals surface area contributed by atoms with Crippen LogP contribution in [0.1, 0.15) is 48.0 Å². The molecule has 3 rings (SSSR count). The summed E-state index contributed by atoms with van der Waals surface area (Å²) in [6, 6.07) is 21.9. The number of ether oxygens (including phenoxy) is 1. The Balaban J connectivity index is 1.47. The Labute approximate surface area is 185 Å². The third kappa shape index (κ3) is 6.93. The van der Waals surface area contributed by atoms with Gasteiger partial charge in [-0.25, -0.2) is 0 Å². The van der Waals surface area contributed by atoms with Gasteiger partial charge in [0.25, 0.3) is 5.91 Å². The summed E-state index contributed by atoms with van der Waals surface area (Å²) in [5.41, 5.74) is 3.79. The highest BCUT2D eigenvalue weighted by molar-refractivity contribution is 5.94. The predicted molar refractivity (Wildman–Crippen MR) is 124 cm³/mol. The number of benzene rings is 2. The van der Waals surface area contributed by atoms with Crippen molar-refractivity contribution >= 4 is 5.91 Å². The van der Waals surface area contributed by atoms with Crippen molar-refractivity contribution in [2.45, 2.75) is 46.5 Å². The van der Waals surface area contributed by atoms with Crippen LogP contribution in [0.4, 0.5) is 0 Å². The van der Waals surface area contributed by atoms with Gasteiger partial charge in [0.15, 0.2) is 0 Å². The third-order valence-electron chi connectivity index (χ3n) is 5.23. The second kappa shape index (κ2) is 11.3. The van der Waals surface area contributed by atoms with Gasteiger partial charge in [-0.1, -0.05) is 37.3 Å². The molecule has 0 unspecified atom stereocenters. The molecule has 31 heavy (non-hydrogen) atoms. The first-order valence-corrected chi connectivity index (χ1v) is 10.8. The average molecular weight is 418 g/mol. The minimum absolute atomic E-state index is 0.0711. The molecule has 5 heteroatoms. The molecule has 0 fully saturated rings. The number of aromatic nitrogens is 1. The lowest BCUT2D eigenvalue weighted by molar-refractivity contribution is 0.0951. The number of pyridine rings is 1. The number of rotatable bonds is 10. The molecule has 0 atom stereocenters. The number of carbonyl (C=O) groups excluding carboxylic acids is 1. The Morgan fingerprint density at radius 2 is 1.71 bits per heavy atom. The first-order valence-electron chi connectivity index (χ1n) is 10.8. The summed E-state index contributed by atoms with van der Waals surface area (Å²) in [4.78, 5) is 19.1. The van der Waals surface area contributed by atoms with Crippen LogP contribution in [0, 0.1) is 0 Å². The molecule has 0 aliphatic rings. The minimum Gasteiger partial charge on any atom is -0.487 e. The van der Waals surface area contributed by atoms with Crippen molar-refractivity contribution in [3.8, 4) is 5.75 Å². The molecule has 0 saturated carbocycles. The van der Waals surface area contributed by atoms with E-state index in [4.69, 9.17) is 4.74 Å². The number of hydrogen-bond donors (Lipinski definition) is 1. The topological polar surface area (TPSA) is 54.5 Å². The van der Waals surface area contributed by atoms with Gasteiger partial charge in [-0.3, -0.25) is 14.7 Å². The molecule has 162 valence electrons. The van der Waals surface area contributed by atoms with Gasteiger partial charge in [-0.15, -0.1) is 0 Å². The maximum Gasteiger partial charge on any atom is 0.251 e. The lowest BCUT2D eigenvalue weighted by atomic mass is 10.1. The molecular weight excluding hydrogens is 386 g/mol. The molecule has 2 aromatic carbocycles. The normalized spacial score (nSPS) is 11.0. The Hall–Kier alpha value is -3.18. The van der Waals surface area contributed by atoms with E-state index >= 15 is 0 Å². The summed E-state index contributed by atoms with van der Waals surface area (Å²) < 4.78 is 5.75. The Kier molecular flexibility index (Phi) is 8.19. The van der Waals surface area contributed by atoms with E-state index in [1.54, 1.807) is 6.20 Å². The largest absolute Gasteiger partial charge is 0.487 e. The molecule has 0 bridgehead atoms. The van der Waals surface area contributed by atoms with Crippen molar-refractivity contribution in [3.05, 3.63) is 95.3 Å². The summed E-state index contributed by atoms with van der Waals surface area (Å²) in [5, 5.41) is 2.98. The average Bonchev–Trinajstić information content (AvgIpc) is 2.81. The zero-order valence-corrected chi connectivity index (χ0v) is 18.5. The van der Waals surface area contributed by atoms with Crippen LogP contribution in [0.25, 0.3) is 0 Å². The van der Waals surface area contributed by atoms with Gasteiger partial charge >= 0.3 is 0 Å². The Morgan fingerprint density at radius 3 is 2.32 bits per heavy atom. The number of amides is 1. The van der Waals surface area contributed by atoms with Crippen LogP contribution in [0.3, 0.4) is 0 Å². The van der Waals surface area contributed by atoms with Crippen molar-refractivity contribution in [1.82, 2.24) is 15.2 Å². The highest BCUT2D eigenvalue weighted by atomic mass is 16.5. The van der Waals surface area contributed by atoms with Crippen molar-refractivity contribution in [2.75, 3.05) is 6.54 Å². The zero-order valence-electron chi connectivity index (χ0n) is 18.5. The Bertz CT molecular complexity index is 939. The van der Waals surface area contributed by atoms with Crippen LogP contribution >= 0.6 is 0 Å². The molecule has 0 aliphatic carbocycles. The molecule has 1 heterocycles. The fourth-order valence-electron chi connectivity index (χ4n) is 3.28. The molecule has 0 aliphatic heterocycles. The minimum atomic E-state index is -0.0711. The van der Waals surface area contributed by atoms with E-state index in [9.17, 15) is 4.79 Å². The quantitative estimate of drug-likeness (QED) is 0.514. The van der Waals surface area contributed by atoms with Crippen molar-refractivity contribution in [2.24, 2.45) is 0 Å². The number of carbonyl (C=O) groups is 1. The van der Waals surface area contributed by atoms with E-state index in [0.717, 1.165) is 30.1 Å². The van der Waals surface area contributed by atoms with Gasteiger partial charge in [0.2, 0.25) is 0 Å². The van der Waals surface area contributed by atoms with Crippen LogP contribution in [0.2, 0.25) is 0 Å². The van der Waals surface area contributed by atoms with Crippen LogP contribution in [0.15, 0.2) is 72.9 Å². The molecule has 1 N–H and O–H groups in total. The predicted octanol–water partition coefficient (Wildman–Crippen LogP) is 4.82. The van der Waals surface area contributed by atoms with Gasteiger partial charge in [0.05, 0.1) is 5.69 Å². The Morgan fingerprint density at radius 1 is 1.00 bits per heavy atom. The maximum atomic E-state index is 12.5. The molecule has 3 aromatic rings. The lowest BCUT2D eigenvalue weighted by Crippen LogP contribution is -2.30. The monoisotopic (exact) mass is 417 g/mol. The third-order valence-corrected chi connectivity index (χ3v) is 5.23. The van der Waals surface area contributed by atoms with Gasteiger partial charge < -0.3 is 10.1 Å². The van der Waals surface area contributed by atoms with Gasteiger partial charge in [0, 0.05) is 30.9 Å². The first kappa shape index (κ1) is 22.5. The van der Waals surface area contributed by atoms with Crippen molar-refractivity contribution in [3.63, 3.8) is 0 Å². The summed E-state index contributed by atoms with van der Waals surface area (Å²) in [7, 11) is 0. The SMILES string of the molecule is CCN(Cc1ccc(C(=O)NCc2ccc(OCc3ccccn3)cc2)cc1)C(C)C. The van der Waals surface area contributed by atoms with Gasteiger partial charge in [-0.2, -0.15) is 0 Å². The van der Waals surface area contributed by atoms with E-state index in [1.165, 1.54) is 5.56 Å². The second-order valence-corrected chi connectivity index (χ2v) is 7.79. The standard InChI is InChI=1S/C26H31N3O2/c1-4-29(20(2)3)18-22-8-12-23(13-9-22)26(30)28-17-21-10-14-25(15-11-21)31-19-24-7-5-6-16-27-24/h5-16,20H,4,17-19H2,1-3H3,(H,28,30). The van der Waals surface area contributed by atoms with E-state index in [0.29, 0.717) is 24.8 Å².